The summed E-state index contributed by atoms with van der Waals surface area (Å²) in [5, 5.41) is 0. The highest BCUT2D eigenvalue weighted by Crippen LogP contribution is 2.39. The predicted octanol–water partition coefficient (Wildman–Crippen LogP) is 5.83. The number of esters is 3. The lowest BCUT2D eigenvalue weighted by Gasteiger charge is -2.16. The number of methoxy groups -OCH3 is 4. The Bertz CT molecular complexity index is 2020. The molecule has 0 aliphatic carbocycles. The van der Waals surface area contributed by atoms with Gasteiger partial charge in [0.25, 0.3) is 0 Å². The van der Waals surface area contributed by atoms with Gasteiger partial charge in [0.05, 0.1) is 39.3 Å². The smallest absolute Gasteiger partial charge is 0.343 e. The molecule has 13 heteroatoms. The molecule has 1 heterocycles. The van der Waals surface area contributed by atoms with Crippen LogP contribution in [0.1, 0.15) is 0 Å². The first kappa shape index (κ1) is 37.8. The maximum absolute atomic E-state index is 12.1. The van der Waals surface area contributed by atoms with Crippen molar-refractivity contribution in [3.8, 4) is 68.0 Å². The number of benzene rings is 4. The van der Waals surface area contributed by atoms with Gasteiger partial charge in [-0.25, -0.2) is 24.4 Å². The van der Waals surface area contributed by atoms with Crippen molar-refractivity contribution in [2.24, 2.45) is 0 Å². The normalized spacial score (nSPS) is 10.6. The molecule has 0 spiro atoms. The molecule has 274 valence electrons. The lowest BCUT2D eigenvalue weighted by atomic mass is 10.0. The highest BCUT2D eigenvalue weighted by molar-refractivity contribution is 5.80. The molecule has 0 bridgehead atoms. The Hall–Kier alpha value is -6.47. The minimum Gasteiger partial charge on any atom is -0.491 e. The molecule has 5 rings (SSSR count). The maximum Gasteiger partial charge on any atom is 0.343 e. The Morgan fingerprint density at radius 3 is 1.47 bits per heavy atom. The van der Waals surface area contributed by atoms with E-state index in [1.165, 1.54) is 27.4 Å². The fourth-order valence-corrected chi connectivity index (χ4v) is 4.98. The van der Waals surface area contributed by atoms with Crippen molar-refractivity contribution in [1.82, 2.24) is 9.97 Å². The average Bonchev–Trinajstić information content (AvgIpc) is 3.21. The standard InChI is InChI=1S/C40H38N2O11/c1-46-18-19-50-29-14-16-31(35(20-29)52-24-38(44)48-3)33-22-34(42-40(41-33)28-12-10-27(11-13-28)26-8-6-5-7-9-26)32-17-15-30(51-23-37(43)47-2)21-36(32)53-25-39(45)49-4/h5-17,20-22H,18-19,23-25H2,1-4H3. The summed E-state index contributed by atoms with van der Waals surface area (Å²) >= 11 is 0. The fourth-order valence-electron chi connectivity index (χ4n) is 4.98. The van der Waals surface area contributed by atoms with Crippen molar-refractivity contribution in [3.63, 3.8) is 0 Å². The molecule has 4 aromatic carbocycles. The first-order valence-corrected chi connectivity index (χ1v) is 16.4. The van der Waals surface area contributed by atoms with E-state index in [1.807, 2.05) is 54.6 Å². The van der Waals surface area contributed by atoms with Crippen molar-refractivity contribution in [3.05, 3.63) is 97.1 Å². The number of ether oxygens (including phenoxy) is 8. The summed E-state index contributed by atoms with van der Waals surface area (Å²) in [6.45, 7) is -0.455. The zero-order chi connectivity index (χ0) is 37.6. The van der Waals surface area contributed by atoms with Crippen LogP contribution in [0.25, 0.3) is 45.0 Å². The van der Waals surface area contributed by atoms with Crippen LogP contribution in [0.3, 0.4) is 0 Å². The first-order chi connectivity index (χ1) is 25.8. The third-order valence-corrected chi connectivity index (χ3v) is 7.72. The Balaban J connectivity index is 1.65. The summed E-state index contributed by atoms with van der Waals surface area (Å²) < 4.78 is 42.7. The Kier molecular flexibility index (Phi) is 13.3. The van der Waals surface area contributed by atoms with E-state index < -0.39 is 24.5 Å². The summed E-state index contributed by atoms with van der Waals surface area (Å²) in [5.74, 6) is -0.113. The van der Waals surface area contributed by atoms with Crippen LogP contribution in [0.5, 0.6) is 23.0 Å². The topological polar surface area (TPSA) is 151 Å². The quantitative estimate of drug-likeness (QED) is 0.0644. The van der Waals surface area contributed by atoms with E-state index in [2.05, 4.69) is 4.74 Å². The molecular weight excluding hydrogens is 684 g/mol. The van der Waals surface area contributed by atoms with Gasteiger partial charge in [-0.3, -0.25) is 0 Å². The third-order valence-electron chi connectivity index (χ3n) is 7.72. The zero-order valence-electron chi connectivity index (χ0n) is 29.7. The molecule has 1 aromatic heterocycles. The van der Waals surface area contributed by atoms with E-state index in [-0.39, 0.29) is 24.7 Å². The lowest BCUT2D eigenvalue weighted by Crippen LogP contribution is -2.14. The van der Waals surface area contributed by atoms with Crippen LogP contribution in [0.2, 0.25) is 0 Å². The van der Waals surface area contributed by atoms with Crippen molar-refractivity contribution in [2.45, 2.75) is 0 Å². The van der Waals surface area contributed by atoms with Gasteiger partial charge >= 0.3 is 17.9 Å². The van der Waals surface area contributed by atoms with Gasteiger partial charge in [0, 0.05) is 35.9 Å². The van der Waals surface area contributed by atoms with Gasteiger partial charge in [0.1, 0.15) is 29.6 Å². The van der Waals surface area contributed by atoms with E-state index in [1.54, 1.807) is 43.5 Å². The predicted molar refractivity (Wildman–Crippen MR) is 194 cm³/mol. The molecule has 0 saturated heterocycles. The molecule has 0 unspecified atom stereocenters. The van der Waals surface area contributed by atoms with Gasteiger partial charge in [-0.15, -0.1) is 0 Å². The van der Waals surface area contributed by atoms with Gasteiger partial charge in [0.15, 0.2) is 25.6 Å². The van der Waals surface area contributed by atoms with E-state index in [0.717, 1.165) is 11.1 Å². The van der Waals surface area contributed by atoms with Gasteiger partial charge < -0.3 is 37.9 Å². The van der Waals surface area contributed by atoms with Crippen LogP contribution in [0, 0.1) is 0 Å². The van der Waals surface area contributed by atoms with Crippen LogP contribution in [-0.4, -0.2) is 89.3 Å². The largest absolute Gasteiger partial charge is 0.491 e. The van der Waals surface area contributed by atoms with Crippen LogP contribution in [0.4, 0.5) is 0 Å². The molecule has 0 radical (unpaired) electrons. The number of aromatic nitrogens is 2. The third kappa shape index (κ3) is 10.3. The minimum atomic E-state index is -0.611. The van der Waals surface area contributed by atoms with Gasteiger partial charge in [-0.1, -0.05) is 54.6 Å². The van der Waals surface area contributed by atoms with Crippen molar-refractivity contribution in [2.75, 3.05) is 61.5 Å². The van der Waals surface area contributed by atoms with Crippen LogP contribution in [0.15, 0.2) is 97.1 Å². The van der Waals surface area contributed by atoms with Crippen LogP contribution in [-0.2, 0) is 33.3 Å². The van der Waals surface area contributed by atoms with Crippen LogP contribution >= 0.6 is 0 Å². The monoisotopic (exact) mass is 722 g/mol. The number of hydrogen-bond acceptors (Lipinski definition) is 13. The molecule has 0 saturated carbocycles. The first-order valence-electron chi connectivity index (χ1n) is 16.4. The van der Waals surface area contributed by atoms with Crippen LogP contribution < -0.4 is 18.9 Å². The number of carbonyl (C=O) groups excluding carboxylic acids is 3. The number of nitrogens with zero attached hydrogens (tertiary/aromatic N) is 2. The van der Waals surface area contributed by atoms with E-state index in [0.29, 0.717) is 58.6 Å². The number of hydrogen-bond donors (Lipinski definition) is 0. The second-order valence-corrected chi connectivity index (χ2v) is 11.2. The summed E-state index contributed by atoms with van der Waals surface area (Å²) in [6.07, 6.45) is 0. The fraction of sp³-hybridized carbons (Fsp3) is 0.225. The van der Waals surface area contributed by atoms with Gasteiger partial charge in [-0.05, 0) is 41.5 Å². The Morgan fingerprint density at radius 2 is 0.962 bits per heavy atom. The Morgan fingerprint density at radius 1 is 0.491 bits per heavy atom. The molecule has 0 atom stereocenters. The number of carbonyl (C=O) groups is 3. The Labute approximate surface area is 306 Å². The molecular formula is C40H38N2O11. The van der Waals surface area contributed by atoms with E-state index in [9.17, 15) is 14.4 Å². The molecule has 0 N–H and O–H groups in total. The van der Waals surface area contributed by atoms with Crippen molar-refractivity contribution >= 4 is 17.9 Å². The molecule has 0 aliphatic heterocycles. The van der Waals surface area contributed by atoms with Gasteiger partial charge in [-0.2, -0.15) is 0 Å². The van der Waals surface area contributed by atoms with Crippen molar-refractivity contribution < 1.29 is 52.3 Å². The highest BCUT2D eigenvalue weighted by Gasteiger charge is 2.19. The highest BCUT2D eigenvalue weighted by atomic mass is 16.6. The summed E-state index contributed by atoms with van der Waals surface area (Å²) in [6, 6.07) is 29.5. The average molecular weight is 723 g/mol. The van der Waals surface area contributed by atoms with E-state index >= 15 is 0 Å². The second-order valence-electron chi connectivity index (χ2n) is 11.2. The molecule has 0 fully saturated rings. The molecule has 5 aromatic rings. The summed E-state index contributed by atoms with van der Waals surface area (Å²) in [7, 11) is 5.36. The molecule has 0 amide bonds. The lowest BCUT2D eigenvalue weighted by molar-refractivity contribution is -0.143. The molecule has 0 aliphatic rings. The summed E-state index contributed by atoms with van der Waals surface area (Å²) in [4.78, 5) is 45.9. The zero-order valence-corrected chi connectivity index (χ0v) is 29.7. The second kappa shape index (κ2) is 18.7. The number of rotatable bonds is 17. The molecule has 53 heavy (non-hydrogen) atoms. The minimum absolute atomic E-state index is 0.219. The van der Waals surface area contributed by atoms with Gasteiger partial charge in [0.2, 0.25) is 0 Å². The van der Waals surface area contributed by atoms with E-state index in [4.69, 9.17) is 43.1 Å². The maximum atomic E-state index is 12.1. The van der Waals surface area contributed by atoms with Crippen molar-refractivity contribution in [1.29, 1.82) is 0 Å². The SMILES string of the molecule is COCCOc1ccc(-c2cc(-c3ccc(OCC(=O)OC)cc3OCC(=O)OC)nc(-c3ccc(-c4ccccc4)cc3)n2)c(OCC(=O)OC)c1. The molecule has 13 nitrogen and oxygen atoms in total. The summed E-state index contributed by atoms with van der Waals surface area (Å²) in [5.41, 5.74) is 4.61.